The highest BCUT2D eigenvalue weighted by Crippen LogP contribution is 2.22. The second kappa shape index (κ2) is 10.9. The summed E-state index contributed by atoms with van der Waals surface area (Å²) in [5, 5.41) is 1.02. The highest BCUT2D eigenvalue weighted by Gasteiger charge is 2.25. The molecule has 11 heteroatoms. The van der Waals surface area contributed by atoms with Gasteiger partial charge in [0.2, 0.25) is 15.9 Å². The summed E-state index contributed by atoms with van der Waals surface area (Å²) >= 11 is 6.91. The predicted octanol–water partition coefficient (Wildman–Crippen LogP) is 2.85. The van der Waals surface area contributed by atoms with Crippen molar-refractivity contribution >= 4 is 45.2 Å². The molecule has 1 aromatic carbocycles. The minimum Gasteiger partial charge on any atom is -0.272 e. The van der Waals surface area contributed by atoms with Gasteiger partial charge >= 0.3 is 0 Å². The Bertz CT molecular complexity index is 1010. The minimum atomic E-state index is -3.55. The van der Waals surface area contributed by atoms with Crippen molar-refractivity contribution in [3.05, 3.63) is 53.2 Å². The van der Waals surface area contributed by atoms with Crippen molar-refractivity contribution in [2.45, 2.75) is 35.6 Å². The van der Waals surface area contributed by atoms with E-state index in [-0.39, 0.29) is 10.6 Å². The molecule has 2 amide bonds. The Hall–Kier alpha value is -2.14. The van der Waals surface area contributed by atoms with Crippen molar-refractivity contribution < 1.29 is 18.0 Å². The molecule has 2 N–H and O–H groups in total. The molecule has 0 bridgehead atoms. The van der Waals surface area contributed by atoms with E-state index < -0.39 is 21.8 Å². The Labute approximate surface area is 190 Å². The Balaban J connectivity index is 1.48. The number of hydrogen-bond acceptors (Lipinski definition) is 6. The molecule has 31 heavy (non-hydrogen) atoms. The predicted molar refractivity (Wildman–Crippen MR) is 119 cm³/mol. The van der Waals surface area contributed by atoms with Crippen LogP contribution in [0.1, 0.15) is 36.0 Å². The van der Waals surface area contributed by atoms with Crippen LogP contribution in [-0.4, -0.2) is 48.4 Å². The number of carbonyl (C=O) groups excluding carboxylic acids is 2. The van der Waals surface area contributed by atoms with Gasteiger partial charge < -0.3 is 0 Å². The fraction of sp³-hybridized carbons (Fsp3) is 0.350. The van der Waals surface area contributed by atoms with Gasteiger partial charge in [0.15, 0.2) is 0 Å². The molecular formula is C20H23ClN4O4S2. The van der Waals surface area contributed by atoms with Crippen molar-refractivity contribution in [1.29, 1.82) is 0 Å². The van der Waals surface area contributed by atoms with Crippen LogP contribution in [0.25, 0.3) is 0 Å². The first-order chi connectivity index (χ1) is 14.9. The quantitative estimate of drug-likeness (QED) is 0.484. The smallest absolute Gasteiger partial charge is 0.269 e. The molecular weight excluding hydrogens is 460 g/mol. The number of halogens is 1. The lowest BCUT2D eigenvalue weighted by molar-refractivity contribution is -0.119. The molecule has 1 aliphatic rings. The highest BCUT2D eigenvalue weighted by molar-refractivity contribution is 7.99. The molecule has 0 unspecified atom stereocenters. The molecule has 166 valence electrons. The summed E-state index contributed by atoms with van der Waals surface area (Å²) in [4.78, 5) is 28.3. The third-order valence-electron chi connectivity index (χ3n) is 4.69. The molecule has 1 aliphatic heterocycles. The number of thioether (sulfide) groups is 1. The van der Waals surface area contributed by atoms with Gasteiger partial charge in [-0.3, -0.25) is 20.4 Å². The average molecular weight is 483 g/mol. The van der Waals surface area contributed by atoms with Crippen LogP contribution in [0.3, 0.4) is 0 Å². The van der Waals surface area contributed by atoms with Crippen LogP contribution in [0.2, 0.25) is 5.02 Å². The van der Waals surface area contributed by atoms with Gasteiger partial charge in [0, 0.05) is 29.9 Å². The second-order valence-corrected chi connectivity index (χ2v) is 10.3. The number of hydrogen-bond donors (Lipinski definition) is 2. The monoisotopic (exact) mass is 482 g/mol. The van der Waals surface area contributed by atoms with Gasteiger partial charge in [-0.15, -0.1) is 0 Å². The van der Waals surface area contributed by atoms with Gasteiger partial charge in [-0.1, -0.05) is 36.2 Å². The zero-order chi connectivity index (χ0) is 22.3. The Morgan fingerprint density at radius 3 is 2.29 bits per heavy atom. The fourth-order valence-corrected chi connectivity index (χ4v) is 5.24. The lowest BCUT2D eigenvalue weighted by atomic mass is 10.2. The molecule has 0 saturated carbocycles. The number of pyridine rings is 1. The summed E-state index contributed by atoms with van der Waals surface area (Å²) in [6.45, 7) is 1.06. The number of rotatable bonds is 6. The second-order valence-electron chi connectivity index (χ2n) is 6.95. The maximum atomic E-state index is 12.8. The van der Waals surface area contributed by atoms with E-state index in [0.29, 0.717) is 28.7 Å². The van der Waals surface area contributed by atoms with Gasteiger partial charge in [-0.2, -0.15) is 4.31 Å². The van der Waals surface area contributed by atoms with E-state index in [4.69, 9.17) is 11.6 Å². The molecule has 0 spiro atoms. The van der Waals surface area contributed by atoms with E-state index in [1.54, 1.807) is 30.3 Å². The normalized spacial score (nSPS) is 15.1. The maximum Gasteiger partial charge on any atom is 0.269 e. The van der Waals surface area contributed by atoms with Crippen molar-refractivity contribution in [2.75, 3.05) is 18.8 Å². The summed E-state index contributed by atoms with van der Waals surface area (Å²) in [6, 6.07) is 9.34. The van der Waals surface area contributed by atoms with Crippen molar-refractivity contribution in [1.82, 2.24) is 20.1 Å². The molecule has 0 aliphatic carbocycles. The molecule has 2 aromatic rings. The Kier molecular flexibility index (Phi) is 8.30. The molecule has 1 saturated heterocycles. The van der Waals surface area contributed by atoms with E-state index in [1.807, 2.05) is 0 Å². The van der Waals surface area contributed by atoms with Gasteiger partial charge in [0.1, 0.15) is 4.90 Å². The standard InChI is InChI=1S/C20H23ClN4O4S2/c21-16-7-5-15(6-8-16)20(27)24-23-18(26)14-30-19-10-9-17(13-22-19)31(28,29)25-11-3-1-2-4-12-25/h5-10,13H,1-4,11-12,14H2,(H,23,26)(H,24,27). The van der Waals surface area contributed by atoms with Crippen molar-refractivity contribution in [3.8, 4) is 0 Å². The number of sulfonamides is 1. The number of carbonyl (C=O) groups is 2. The van der Waals surface area contributed by atoms with Crippen LogP contribution >= 0.6 is 23.4 Å². The largest absolute Gasteiger partial charge is 0.272 e. The third kappa shape index (κ3) is 6.67. The van der Waals surface area contributed by atoms with Crippen LogP contribution < -0.4 is 10.9 Å². The van der Waals surface area contributed by atoms with E-state index in [2.05, 4.69) is 15.8 Å². The van der Waals surface area contributed by atoms with Crippen molar-refractivity contribution in [3.63, 3.8) is 0 Å². The van der Waals surface area contributed by atoms with Crippen LogP contribution in [0, 0.1) is 0 Å². The van der Waals surface area contributed by atoms with Crippen LogP contribution in [-0.2, 0) is 14.8 Å². The van der Waals surface area contributed by atoms with Gasteiger partial charge in [-0.05, 0) is 49.2 Å². The molecule has 1 aromatic heterocycles. The zero-order valence-electron chi connectivity index (χ0n) is 16.7. The lowest BCUT2D eigenvalue weighted by Gasteiger charge is -2.19. The number of benzene rings is 1. The molecule has 8 nitrogen and oxygen atoms in total. The van der Waals surface area contributed by atoms with Crippen molar-refractivity contribution in [2.24, 2.45) is 0 Å². The van der Waals surface area contributed by atoms with Crippen LogP contribution in [0.4, 0.5) is 0 Å². The van der Waals surface area contributed by atoms with Gasteiger partial charge in [0.05, 0.1) is 10.8 Å². The SMILES string of the molecule is O=C(CSc1ccc(S(=O)(=O)N2CCCCCC2)cn1)NNC(=O)c1ccc(Cl)cc1. The summed E-state index contributed by atoms with van der Waals surface area (Å²) in [5.41, 5.74) is 5.01. The molecule has 0 radical (unpaired) electrons. The average Bonchev–Trinajstić information content (AvgIpc) is 3.07. The van der Waals surface area contributed by atoms with E-state index >= 15 is 0 Å². The molecule has 0 atom stereocenters. The summed E-state index contributed by atoms with van der Waals surface area (Å²) in [7, 11) is -3.55. The Morgan fingerprint density at radius 2 is 1.68 bits per heavy atom. The molecule has 1 fully saturated rings. The first kappa shape index (κ1) is 23.5. The Morgan fingerprint density at radius 1 is 1.00 bits per heavy atom. The van der Waals surface area contributed by atoms with Crippen LogP contribution in [0.15, 0.2) is 52.5 Å². The zero-order valence-corrected chi connectivity index (χ0v) is 19.1. The summed E-state index contributed by atoms with van der Waals surface area (Å²) in [6.07, 6.45) is 5.14. The van der Waals surface area contributed by atoms with E-state index in [9.17, 15) is 18.0 Å². The topological polar surface area (TPSA) is 108 Å². The number of nitrogens with one attached hydrogen (secondary N) is 2. The number of hydrazine groups is 1. The number of amides is 2. The first-order valence-corrected chi connectivity index (χ1v) is 12.6. The fourth-order valence-electron chi connectivity index (χ4n) is 3.01. The number of nitrogens with zero attached hydrogens (tertiary/aromatic N) is 2. The first-order valence-electron chi connectivity index (χ1n) is 9.80. The van der Waals surface area contributed by atoms with Gasteiger partial charge in [-0.25, -0.2) is 13.4 Å². The van der Waals surface area contributed by atoms with Crippen LogP contribution in [0.5, 0.6) is 0 Å². The lowest BCUT2D eigenvalue weighted by Crippen LogP contribution is -2.42. The van der Waals surface area contributed by atoms with E-state index in [0.717, 1.165) is 37.4 Å². The summed E-state index contributed by atoms with van der Waals surface area (Å²) in [5.74, 6) is -0.877. The molecule has 3 rings (SSSR count). The minimum absolute atomic E-state index is 0.00607. The summed E-state index contributed by atoms with van der Waals surface area (Å²) < 4.78 is 27.1. The third-order valence-corrected chi connectivity index (χ3v) is 7.76. The molecule has 2 heterocycles. The van der Waals surface area contributed by atoms with E-state index in [1.165, 1.54) is 16.6 Å². The highest BCUT2D eigenvalue weighted by atomic mass is 35.5. The van der Waals surface area contributed by atoms with Gasteiger partial charge in [0.25, 0.3) is 5.91 Å². The number of aromatic nitrogens is 1. The maximum absolute atomic E-state index is 12.8.